The summed E-state index contributed by atoms with van der Waals surface area (Å²) >= 11 is 3.03. The van der Waals surface area contributed by atoms with Crippen LogP contribution in [-0.4, -0.2) is 20.9 Å². The van der Waals surface area contributed by atoms with Crippen LogP contribution in [-0.2, 0) is 17.8 Å². The molecule has 2 aliphatic rings. The van der Waals surface area contributed by atoms with Gasteiger partial charge in [0, 0.05) is 11.8 Å². The molecule has 2 saturated carbocycles. The van der Waals surface area contributed by atoms with Crippen molar-refractivity contribution in [2.45, 2.75) is 58.5 Å². The molecular weight excluding hydrogens is 340 g/mol. The number of hydrogen-bond acceptors (Lipinski definition) is 6. The number of carbonyl (C=O) groups excluding carboxylic acids is 1. The third-order valence-corrected chi connectivity index (χ3v) is 7.50. The Morgan fingerprint density at radius 2 is 2.12 bits per heavy atom. The number of rotatable bonds is 6. The monoisotopic (exact) mass is 362 g/mol. The molecule has 0 bridgehead atoms. The highest BCUT2D eigenvalue weighted by Crippen LogP contribution is 2.59. The molecule has 0 amide bonds. The number of aliphatic hydroxyl groups is 1. The molecule has 2 fully saturated rings. The van der Waals surface area contributed by atoms with Crippen molar-refractivity contribution in [1.82, 2.24) is 9.97 Å². The van der Waals surface area contributed by atoms with Crippen LogP contribution in [0.25, 0.3) is 10.6 Å². The van der Waals surface area contributed by atoms with Crippen molar-refractivity contribution in [2.75, 3.05) is 0 Å². The molecule has 1 spiro atoms. The SMILES string of the molecule is Cc1nc(CO)sc1-c1csc(CC(=O)CC2CC3(CCC3)C2)n1. The highest BCUT2D eigenvalue weighted by atomic mass is 32.1. The zero-order chi connectivity index (χ0) is 16.7. The van der Waals surface area contributed by atoms with E-state index in [1.165, 1.54) is 43.4 Å². The Bertz CT molecular complexity index is 753. The van der Waals surface area contributed by atoms with E-state index in [0.717, 1.165) is 27.7 Å². The number of carbonyl (C=O) groups is 1. The van der Waals surface area contributed by atoms with Crippen LogP contribution in [0.3, 0.4) is 0 Å². The first-order valence-electron chi connectivity index (χ1n) is 8.60. The van der Waals surface area contributed by atoms with E-state index in [2.05, 4.69) is 9.97 Å². The van der Waals surface area contributed by atoms with Gasteiger partial charge in [-0.25, -0.2) is 9.97 Å². The van der Waals surface area contributed by atoms with Gasteiger partial charge in [-0.05, 0) is 43.9 Å². The lowest BCUT2D eigenvalue weighted by molar-refractivity contribution is -0.122. The fourth-order valence-corrected chi connectivity index (χ4v) is 5.98. The fourth-order valence-electron chi connectivity index (χ4n) is 4.21. The summed E-state index contributed by atoms with van der Waals surface area (Å²) in [7, 11) is 0. The average molecular weight is 363 g/mol. The first kappa shape index (κ1) is 16.4. The van der Waals surface area contributed by atoms with Crippen molar-refractivity contribution in [3.63, 3.8) is 0 Å². The first-order chi connectivity index (χ1) is 11.6. The Morgan fingerprint density at radius 1 is 1.33 bits per heavy atom. The summed E-state index contributed by atoms with van der Waals surface area (Å²) in [6.07, 6.45) is 7.88. The summed E-state index contributed by atoms with van der Waals surface area (Å²) in [5.74, 6) is 0.945. The van der Waals surface area contributed by atoms with Gasteiger partial charge >= 0.3 is 0 Å². The second kappa shape index (κ2) is 6.32. The Morgan fingerprint density at radius 3 is 2.75 bits per heavy atom. The lowest BCUT2D eigenvalue weighted by Crippen LogP contribution is -2.43. The van der Waals surface area contributed by atoms with Gasteiger partial charge in [0.1, 0.15) is 15.8 Å². The Labute approximate surface area is 150 Å². The molecule has 24 heavy (non-hydrogen) atoms. The predicted octanol–water partition coefficient (Wildman–Crippen LogP) is 4.15. The van der Waals surface area contributed by atoms with Gasteiger partial charge in [-0.15, -0.1) is 22.7 Å². The highest BCUT2D eigenvalue weighted by molar-refractivity contribution is 7.16. The van der Waals surface area contributed by atoms with E-state index in [9.17, 15) is 9.90 Å². The van der Waals surface area contributed by atoms with Crippen molar-refractivity contribution in [3.8, 4) is 10.6 Å². The molecule has 0 aliphatic heterocycles. The molecule has 2 aromatic rings. The number of Topliss-reactive ketones (excluding diaryl/α,β-unsaturated/α-hetero) is 1. The van der Waals surface area contributed by atoms with Crippen molar-refractivity contribution in [3.05, 3.63) is 21.1 Å². The van der Waals surface area contributed by atoms with E-state index < -0.39 is 0 Å². The number of nitrogens with zero attached hydrogens (tertiary/aromatic N) is 2. The summed E-state index contributed by atoms with van der Waals surface area (Å²) < 4.78 is 0. The van der Waals surface area contributed by atoms with E-state index in [1.54, 1.807) is 11.3 Å². The third kappa shape index (κ3) is 3.07. The maximum atomic E-state index is 12.3. The molecular formula is C18H22N2O2S2. The molecule has 0 atom stereocenters. The van der Waals surface area contributed by atoms with Gasteiger partial charge in [-0.2, -0.15) is 0 Å². The smallest absolute Gasteiger partial charge is 0.139 e. The minimum absolute atomic E-state index is 0.0378. The molecule has 4 rings (SSSR count). The van der Waals surface area contributed by atoms with Crippen molar-refractivity contribution in [2.24, 2.45) is 11.3 Å². The third-order valence-electron chi connectivity index (χ3n) is 5.48. The highest BCUT2D eigenvalue weighted by Gasteiger charge is 2.48. The Hall–Kier alpha value is -1.11. The van der Waals surface area contributed by atoms with E-state index in [-0.39, 0.29) is 6.61 Å². The fraction of sp³-hybridized carbons (Fsp3) is 0.611. The number of hydrogen-bond donors (Lipinski definition) is 1. The molecule has 2 heterocycles. The molecule has 0 radical (unpaired) electrons. The summed E-state index contributed by atoms with van der Waals surface area (Å²) in [6.45, 7) is 1.89. The van der Waals surface area contributed by atoms with Crippen LogP contribution in [0, 0.1) is 18.3 Å². The largest absolute Gasteiger partial charge is 0.389 e. The second-order valence-electron chi connectivity index (χ2n) is 7.35. The quantitative estimate of drug-likeness (QED) is 0.838. The first-order valence-corrected chi connectivity index (χ1v) is 10.3. The van der Waals surface area contributed by atoms with Gasteiger partial charge in [0.15, 0.2) is 0 Å². The van der Waals surface area contributed by atoms with Crippen LogP contribution in [0.2, 0.25) is 0 Å². The van der Waals surface area contributed by atoms with E-state index in [0.29, 0.717) is 28.5 Å². The van der Waals surface area contributed by atoms with Crippen LogP contribution >= 0.6 is 22.7 Å². The molecule has 6 heteroatoms. The van der Waals surface area contributed by atoms with Gasteiger partial charge in [-0.3, -0.25) is 4.79 Å². The van der Waals surface area contributed by atoms with Crippen LogP contribution in [0.4, 0.5) is 0 Å². The predicted molar refractivity (Wildman–Crippen MR) is 96.2 cm³/mol. The molecule has 4 nitrogen and oxygen atoms in total. The molecule has 2 aliphatic carbocycles. The maximum absolute atomic E-state index is 12.3. The summed E-state index contributed by atoms with van der Waals surface area (Å²) in [6, 6.07) is 0. The molecule has 2 aromatic heterocycles. The van der Waals surface area contributed by atoms with Crippen LogP contribution in [0.15, 0.2) is 5.38 Å². The van der Waals surface area contributed by atoms with Crippen LogP contribution < -0.4 is 0 Å². The molecule has 0 unspecified atom stereocenters. The summed E-state index contributed by atoms with van der Waals surface area (Å²) in [5, 5.41) is 12.8. The molecule has 1 N–H and O–H groups in total. The van der Waals surface area contributed by atoms with E-state index >= 15 is 0 Å². The molecule has 128 valence electrons. The number of aliphatic hydroxyl groups excluding tert-OH is 1. The van der Waals surface area contributed by atoms with E-state index in [1.807, 2.05) is 12.3 Å². The lowest BCUT2D eigenvalue weighted by Gasteiger charge is -2.54. The van der Waals surface area contributed by atoms with Crippen LogP contribution in [0.1, 0.15) is 54.2 Å². The van der Waals surface area contributed by atoms with Crippen LogP contribution in [0.5, 0.6) is 0 Å². The van der Waals surface area contributed by atoms with Gasteiger partial charge < -0.3 is 5.11 Å². The van der Waals surface area contributed by atoms with E-state index in [4.69, 9.17) is 0 Å². The lowest BCUT2D eigenvalue weighted by atomic mass is 9.51. The zero-order valence-electron chi connectivity index (χ0n) is 13.9. The zero-order valence-corrected chi connectivity index (χ0v) is 15.5. The van der Waals surface area contributed by atoms with Crippen molar-refractivity contribution >= 4 is 28.5 Å². The number of thiazole rings is 2. The minimum Gasteiger partial charge on any atom is -0.389 e. The number of aryl methyl sites for hydroxylation is 1. The number of aromatic nitrogens is 2. The minimum atomic E-state index is -0.0378. The standard InChI is InChI=1S/C18H22N2O2S2/c1-11-17(24-16(9-21)19-11)14-10-23-15(20-14)6-13(22)5-12-7-18(8-12)3-2-4-18/h10,12,21H,2-9H2,1H3. The van der Waals surface area contributed by atoms with Gasteiger partial charge in [0.25, 0.3) is 0 Å². The summed E-state index contributed by atoms with van der Waals surface area (Å²) in [4.78, 5) is 22.3. The topological polar surface area (TPSA) is 63.1 Å². The Balaban J connectivity index is 1.34. The molecule has 0 saturated heterocycles. The van der Waals surface area contributed by atoms with Gasteiger partial charge in [0.2, 0.25) is 0 Å². The maximum Gasteiger partial charge on any atom is 0.139 e. The Kier molecular flexibility index (Phi) is 4.31. The van der Waals surface area contributed by atoms with Crippen molar-refractivity contribution < 1.29 is 9.90 Å². The van der Waals surface area contributed by atoms with Gasteiger partial charge in [0.05, 0.1) is 29.3 Å². The summed E-state index contributed by atoms with van der Waals surface area (Å²) in [5.41, 5.74) is 2.43. The normalized spacial score (nSPS) is 19.2. The average Bonchev–Trinajstić information content (AvgIpc) is 3.06. The molecule has 0 aromatic carbocycles. The van der Waals surface area contributed by atoms with Crippen molar-refractivity contribution in [1.29, 1.82) is 0 Å². The second-order valence-corrected chi connectivity index (χ2v) is 9.38. The number of ketones is 1. The van der Waals surface area contributed by atoms with Gasteiger partial charge in [-0.1, -0.05) is 6.42 Å².